The average Bonchev–Trinajstić information content (AvgIpc) is 2.99. The number of benzene rings is 2. The van der Waals surface area contributed by atoms with Crippen molar-refractivity contribution in [2.75, 3.05) is 29.9 Å². The molecule has 2 aromatic carbocycles. The topological polar surface area (TPSA) is 160 Å². The zero-order valence-electron chi connectivity index (χ0n) is 24.8. The Morgan fingerprint density at radius 2 is 1.24 bits per heavy atom. The first-order chi connectivity index (χ1) is 20.0. The van der Waals surface area contributed by atoms with Crippen molar-refractivity contribution < 1.29 is 9.47 Å². The number of hydrogen-bond donors (Lipinski definition) is 4. The summed E-state index contributed by atoms with van der Waals surface area (Å²) in [5.74, 6) is 2.09. The fraction of sp³-hybridized carbons (Fsp3) is 0.323. The molecule has 0 aliphatic carbocycles. The van der Waals surface area contributed by atoms with Crippen molar-refractivity contribution in [3.8, 4) is 11.5 Å². The molecule has 42 heavy (non-hydrogen) atoms. The maximum atomic E-state index is 5.84. The molecule has 2 heterocycles. The number of nitrogens with zero attached hydrogens (tertiary/aromatic N) is 4. The number of aromatic nitrogens is 4. The Morgan fingerprint density at radius 1 is 0.738 bits per heavy atom. The molecule has 0 saturated heterocycles. The number of rotatable bonds is 12. The Hall–Kier alpha value is -4.15. The maximum absolute atomic E-state index is 5.84. The monoisotopic (exact) mass is 595 g/mol. The van der Waals surface area contributed by atoms with E-state index in [1.165, 1.54) is 19.0 Å². The second-order valence-electron chi connectivity index (χ2n) is 8.80. The number of anilines is 3. The van der Waals surface area contributed by atoms with E-state index in [0.29, 0.717) is 30.5 Å². The Labute approximate surface area is 255 Å². The highest BCUT2D eigenvalue weighted by atomic mass is 35.5. The number of nitrogen functional groups attached to an aromatic ring is 2. The van der Waals surface area contributed by atoms with Crippen molar-refractivity contribution in [3.63, 3.8) is 0 Å². The van der Waals surface area contributed by atoms with Gasteiger partial charge >= 0.3 is 0 Å². The highest BCUT2D eigenvalue weighted by Gasteiger charge is 2.07. The van der Waals surface area contributed by atoms with Crippen LogP contribution in [0.1, 0.15) is 50.7 Å². The standard InChI is InChI=1S/C15H20N4O.C11H10ClN3O.C4H11N.CH3/c1-2-3-9-17-14-13(10-18-15(16)19-14)20-11-12-7-5-4-6-8-12;12-10-9(6-14-11(13)15-10)16-7-8-4-2-1-3-5-8;1-2-3-4-5;/h4-8,10H,2-3,9,11H2,1H3,(H3,16,17,18,19);1-6H,7H2,(H2,13,14,15);2-5H2,1H3;1H3/q;;;-1. The molecule has 0 fully saturated rings. The summed E-state index contributed by atoms with van der Waals surface area (Å²) in [7, 11) is 0. The van der Waals surface area contributed by atoms with Crippen molar-refractivity contribution >= 4 is 29.3 Å². The number of nitrogens with two attached hydrogens (primary N) is 3. The third-order valence-corrected chi connectivity index (χ3v) is 5.63. The van der Waals surface area contributed by atoms with Gasteiger partial charge in [-0.1, -0.05) is 99.0 Å². The maximum Gasteiger partial charge on any atom is 0.222 e. The van der Waals surface area contributed by atoms with Crippen LogP contribution in [0.3, 0.4) is 0 Å². The molecule has 0 amide bonds. The van der Waals surface area contributed by atoms with Crippen LogP contribution in [-0.2, 0) is 13.2 Å². The zero-order chi connectivity index (χ0) is 29.7. The molecule has 0 radical (unpaired) electrons. The third-order valence-electron chi connectivity index (χ3n) is 5.36. The quantitative estimate of drug-likeness (QED) is 0.0826. The summed E-state index contributed by atoms with van der Waals surface area (Å²) >= 11 is 5.84. The first-order valence-corrected chi connectivity index (χ1v) is 14.0. The summed E-state index contributed by atoms with van der Waals surface area (Å²) in [4.78, 5) is 15.8. The van der Waals surface area contributed by atoms with Gasteiger partial charge in [-0.05, 0) is 30.5 Å². The molecule has 2 aromatic heterocycles. The number of unbranched alkanes of at least 4 members (excludes halogenated alkanes) is 2. The molecule has 10 nitrogen and oxygen atoms in total. The average molecular weight is 596 g/mol. The van der Waals surface area contributed by atoms with E-state index in [1.54, 1.807) is 6.20 Å². The van der Waals surface area contributed by atoms with E-state index in [1.807, 2.05) is 60.7 Å². The molecule has 228 valence electrons. The zero-order valence-corrected chi connectivity index (χ0v) is 25.6. The summed E-state index contributed by atoms with van der Waals surface area (Å²) in [6, 6.07) is 19.7. The van der Waals surface area contributed by atoms with Gasteiger partial charge in [0.15, 0.2) is 22.5 Å². The van der Waals surface area contributed by atoms with E-state index in [0.717, 1.165) is 37.1 Å². The van der Waals surface area contributed by atoms with Crippen LogP contribution in [0.4, 0.5) is 17.7 Å². The van der Waals surface area contributed by atoms with Gasteiger partial charge in [-0.3, -0.25) is 0 Å². The lowest BCUT2D eigenvalue weighted by atomic mass is 10.2. The summed E-state index contributed by atoms with van der Waals surface area (Å²) in [5.41, 5.74) is 18.3. The second kappa shape index (κ2) is 21.6. The van der Waals surface area contributed by atoms with Crippen LogP contribution in [0.2, 0.25) is 5.15 Å². The van der Waals surface area contributed by atoms with Crippen molar-refractivity contribution in [1.82, 2.24) is 19.9 Å². The Kier molecular flexibility index (Phi) is 18.4. The van der Waals surface area contributed by atoms with E-state index >= 15 is 0 Å². The predicted molar refractivity (Wildman–Crippen MR) is 173 cm³/mol. The smallest absolute Gasteiger partial charge is 0.222 e. The molecular formula is C31H44ClN8O2-. The summed E-state index contributed by atoms with van der Waals surface area (Å²) in [5, 5.41) is 3.46. The molecule has 0 atom stereocenters. The van der Waals surface area contributed by atoms with Gasteiger partial charge < -0.3 is 39.4 Å². The largest absolute Gasteiger partial charge is 0.484 e. The number of ether oxygens (including phenoxy) is 2. The summed E-state index contributed by atoms with van der Waals surface area (Å²) in [6.45, 7) is 6.87. The van der Waals surface area contributed by atoms with E-state index in [4.69, 9.17) is 38.3 Å². The van der Waals surface area contributed by atoms with Crippen LogP contribution >= 0.6 is 11.6 Å². The third kappa shape index (κ3) is 14.5. The number of nitrogens with one attached hydrogen (secondary N) is 1. The lowest BCUT2D eigenvalue weighted by Crippen LogP contribution is -2.08. The Bertz CT molecular complexity index is 1250. The molecule has 0 aliphatic heterocycles. The highest BCUT2D eigenvalue weighted by molar-refractivity contribution is 6.30. The van der Waals surface area contributed by atoms with Crippen molar-refractivity contribution in [2.45, 2.75) is 52.7 Å². The van der Waals surface area contributed by atoms with Gasteiger partial charge in [0, 0.05) is 6.54 Å². The molecule has 0 aliphatic rings. The van der Waals surface area contributed by atoms with Crippen LogP contribution in [0.5, 0.6) is 11.5 Å². The predicted octanol–water partition coefficient (Wildman–Crippen LogP) is 6.34. The molecule has 7 N–H and O–H groups in total. The van der Waals surface area contributed by atoms with E-state index in [-0.39, 0.29) is 24.5 Å². The molecule has 4 rings (SSSR count). The van der Waals surface area contributed by atoms with E-state index in [9.17, 15) is 0 Å². The molecule has 11 heteroatoms. The van der Waals surface area contributed by atoms with Gasteiger partial charge in [0.1, 0.15) is 13.2 Å². The fourth-order valence-electron chi connectivity index (χ4n) is 3.13. The lowest BCUT2D eigenvalue weighted by Gasteiger charge is -2.12. The Balaban J connectivity index is 0.000000360. The molecule has 0 saturated carbocycles. The van der Waals surface area contributed by atoms with Crippen LogP contribution in [0.25, 0.3) is 0 Å². The second-order valence-corrected chi connectivity index (χ2v) is 9.15. The minimum Gasteiger partial charge on any atom is -0.484 e. The van der Waals surface area contributed by atoms with Gasteiger partial charge in [0.25, 0.3) is 0 Å². The van der Waals surface area contributed by atoms with Crippen molar-refractivity contribution in [1.29, 1.82) is 0 Å². The Morgan fingerprint density at radius 3 is 1.71 bits per heavy atom. The molecule has 0 spiro atoms. The molecule has 0 unspecified atom stereocenters. The van der Waals surface area contributed by atoms with E-state index < -0.39 is 0 Å². The van der Waals surface area contributed by atoms with Crippen molar-refractivity contribution in [3.05, 3.63) is 96.8 Å². The van der Waals surface area contributed by atoms with Crippen LogP contribution in [0, 0.1) is 7.43 Å². The number of hydrogen-bond acceptors (Lipinski definition) is 10. The van der Waals surface area contributed by atoms with Gasteiger partial charge in [0.05, 0.1) is 12.4 Å². The normalized spacial score (nSPS) is 9.71. The molecule has 0 bridgehead atoms. The minimum atomic E-state index is 0. The first kappa shape index (κ1) is 35.9. The summed E-state index contributed by atoms with van der Waals surface area (Å²) < 4.78 is 11.2. The van der Waals surface area contributed by atoms with Crippen LogP contribution in [-0.4, -0.2) is 33.0 Å². The molecular weight excluding hydrogens is 552 g/mol. The van der Waals surface area contributed by atoms with Gasteiger partial charge in [-0.2, -0.15) is 9.97 Å². The van der Waals surface area contributed by atoms with Crippen molar-refractivity contribution in [2.24, 2.45) is 5.73 Å². The van der Waals surface area contributed by atoms with Gasteiger partial charge in [-0.15, -0.1) is 0 Å². The van der Waals surface area contributed by atoms with Crippen LogP contribution < -0.4 is 32.0 Å². The van der Waals surface area contributed by atoms with Gasteiger partial charge in [0.2, 0.25) is 11.9 Å². The first-order valence-electron chi connectivity index (χ1n) is 13.6. The van der Waals surface area contributed by atoms with E-state index in [2.05, 4.69) is 39.1 Å². The van der Waals surface area contributed by atoms with Gasteiger partial charge in [-0.25, -0.2) is 9.97 Å². The summed E-state index contributed by atoms with van der Waals surface area (Å²) in [6.07, 6.45) is 7.65. The lowest BCUT2D eigenvalue weighted by molar-refractivity contribution is 0.304. The SMILES string of the molecule is CCCCN.CCCCNc1nc(N)ncc1OCc1ccccc1.Nc1ncc(OCc2ccccc2)c(Cl)n1.[CH3-]. The minimum absolute atomic E-state index is 0. The molecule has 4 aromatic rings. The number of halogens is 1. The fourth-order valence-corrected chi connectivity index (χ4v) is 3.32. The highest BCUT2D eigenvalue weighted by Crippen LogP contribution is 2.23. The van der Waals surface area contributed by atoms with Crippen LogP contribution in [0.15, 0.2) is 73.1 Å².